The number of fused-ring (bicyclic) bond motifs is 1. The highest BCUT2D eigenvalue weighted by Gasteiger charge is 2.13. The number of nitrogens with zero attached hydrogens (tertiary/aromatic N) is 2. The molecule has 0 bridgehead atoms. The van der Waals surface area contributed by atoms with Gasteiger partial charge in [0.15, 0.2) is 5.75 Å². The molecule has 0 aliphatic heterocycles. The molecule has 0 aliphatic carbocycles. The number of para-hydroxylation sites is 1. The number of aromatic nitrogens is 2. The number of hydrogen-bond acceptors (Lipinski definition) is 6. The van der Waals surface area contributed by atoms with Crippen molar-refractivity contribution in [1.29, 1.82) is 0 Å². The van der Waals surface area contributed by atoms with E-state index in [0.717, 1.165) is 17.4 Å². The molecule has 0 radical (unpaired) electrons. The molecule has 0 saturated carbocycles. The summed E-state index contributed by atoms with van der Waals surface area (Å²) in [6, 6.07) is 20.1. The maximum atomic E-state index is 11.5. The van der Waals surface area contributed by atoms with Crippen LogP contribution in [0.25, 0.3) is 11.0 Å². The number of imidazole rings is 1. The predicted molar refractivity (Wildman–Crippen MR) is 115 cm³/mol. The highest BCUT2D eigenvalue weighted by atomic mass is 16.5. The summed E-state index contributed by atoms with van der Waals surface area (Å²) < 4.78 is 7.84. The Hall–Kier alpha value is -3.68. The van der Waals surface area contributed by atoms with Gasteiger partial charge >= 0.3 is 0 Å². The van der Waals surface area contributed by atoms with Crippen molar-refractivity contribution in [2.24, 2.45) is 7.05 Å². The van der Waals surface area contributed by atoms with Crippen LogP contribution in [0.5, 0.6) is 11.5 Å². The van der Waals surface area contributed by atoms with Crippen molar-refractivity contribution in [3.63, 3.8) is 0 Å². The maximum Gasteiger partial charge on any atom is 0.201 e. The Kier molecular flexibility index (Phi) is 5.47. The molecule has 0 unspecified atom stereocenters. The van der Waals surface area contributed by atoms with Crippen LogP contribution in [0, 0.1) is 0 Å². The van der Waals surface area contributed by atoms with Gasteiger partial charge in [0, 0.05) is 19.2 Å². The van der Waals surface area contributed by atoms with E-state index in [1.165, 1.54) is 0 Å². The first-order valence-electron chi connectivity index (χ1n) is 9.50. The molecule has 1 atom stereocenters. The van der Waals surface area contributed by atoms with Gasteiger partial charge in [-0.2, -0.15) is 0 Å². The lowest BCUT2D eigenvalue weighted by Crippen LogP contribution is -2.21. The van der Waals surface area contributed by atoms with Crippen molar-refractivity contribution in [3.05, 3.63) is 83.4 Å². The van der Waals surface area contributed by atoms with Crippen LogP contribution in [-0.4, -0.2) is 20.9 Å². The van der Waals surface area contributed by atoms with Gasteiger partial charge in [-0.05, 0) is 41.5 Å². The molecule has 1 aromatic heterocycles. The van der Waals surface area contributed by atoms with E-state index in [1.54, 1.807) is 22.8 Å². The number of nitrogen functional groups attached to an aromatic ring is 1. The summed E-state index contributed by atoms with van der Waals surface area (Å²) in [5.41, 5.74) is 9.43. The summed E-state index contributed by atoms with van der Waals surface area (Å²) >= 11 is 0. The van der Waals surface area contributed by atoms with Gasteiger partial charge in [-0.3, -0.25) is 10.1 Å². The normalized spacial score (nSPS) is 12.1. The van der Waals surface area contributed by atoms with E-state index in [4.69, 9.17) is 10.5 Å². The van der Waals surface area contributed by atoms with Crippen molar-refractivity contribution in [3.8, 4) is 11.5 Å². The molecule has 3 aromatic carbocycles. The first-order chi connectivity index (χ1) is 14.6. The fraction of sp³-hybridized carbons (Fsp3) is 0.130. The molecule has 7 nitrogen and oxygen atoms in total. The lowest BCUT2D eigenvalue weighted by atomic mass is 10.1. The monoisotopic (exact) mass is 402 g/mol. The molecule has 152 valence electrons. The predicted octanol–water partition coefficient (Wildman–Crippen LogP) is 3.54. The lowest BCUT2D eigenvalue weighted by molar-refractivity contribution is 0.111. The van der Waals surface area contributed by atoms with Crippen LogP contribution in [0.1, 0.15) is 27.7 Å². The van der Waals surface area contributed by atoms with Crippen molar-refractivity contribution < 1.29 is 14.6 Å². The van der Waals surface area contributed by atoms with E-state index in [0.29, 0.717) is 40.6 Å². The molecule has 0 saturated heterocycles. The summed E-state index contributed by atoms with van der Waals surface area (Å²) in [6.07, 6.45) is -0.0592. The minimum absolute atomic E-state index is 0.294. The van der Waals surface area contributed by atoms with E-state index in [1.807, 2.05) is 55.6 Å². The topological polar surface area (TPSA) is 102 Å². The highest BCUT2D eigenvalue weighted by molar-refractivity contribution is 5.84. The number of anilines is 1. The third-order valence-electron chi connectivity index (χ3n) is 4.98. The van der Waals surface area contributed by atoms with Gasteiger partial charge < -0.3 is 20.1 Å². The molecule has 30 heavy (non-hydrogen) atoms. The van der Waals surface area contributed by atoms with E-state index in [-0.39, 0.29) is 0 Å². The zero-order valence-electron chi connectivity index (χ0n) is 16.4. The highest BCUT2D eigenvalue weighted by Crippen LogP contribution is 2.31. The minimum Gasteiger partial charge on any atom is -0.455 e. The standard InChI is InChI=1S/C23H22N4O3/c1-27-19-8-5-9-20(21(19)26-23(27)24)30-18-11-10-16(14-28)17(12-18)13-25-22(29)15-6-3-2-4-7-15/h2-12,14,22,25,29H,13H2,1H3,(H2,24,26)/t22-/m0/s1. The Labute approximate surface area is 173 Å². The van der Waals surface area contributed by atoms with Crippen LogP contribution < -0.4 is 15.8 Å². The molecule has 0 fully saturated rings. The summed E-state index contributed by atoms with van der Waals surface area (Å²) in [5, 5.41) is 13.4. The van der Waals surface area contributed by atoms with Gasteiger partial charge in [0.05, 0.1) is 5.52 Å². The number of rotatable bonds is 7. The summed E-state index contributed by atoms with van der Waals surface area (Å²) in [4.78, 5) is 15.8. The fourth-order valence-corrected chi connectivity index (χ4v) is 3.29. The Balaban J connectivity index is 1.57. The smallest absolute Gasteiger partial charge is 0.201 e. The van der Waals surface area contributed by atoms with Crippen molar-refractivity contribution in [2.45, 2.75) is 12.8 Å². The third kappa shape index (κ3) is 3.89. The van der Waals surface area contributed by atoms with Crippen LogP contribution in [0.4, 0.5) is 5.95 Å². The average molecular weight is 402 g/mol. The Bertz CT molecular complexity index is 1190. The van der Waals surface area contributed by atoms with Crippen molar-refractivity contribution in [1.82, 2.24) is 14.9 Å². The Morgan fingerprint density at radius 2 is 1.97 bits per heavy atom. The number of aryl methyl sites for hydroxylation is 1. The van der Waals surface area contributed by atoms with E-state index in [2.05, 4.69) is 10.3 Å². The lowest BCUT2D eigenvalue weighted by Gasteiger charge is -2.15. The number of carbonyl (C=O) groups excluding carboxylic acids is 1. The number of ether oxygens (including phenoxy) is 1. The van der Waals surface area contributed by atoms with E-state index >= 15 is 0 Å². The van der Waals surface area contributed by atoms with E-state index < -0.39 is 6.23 Å². The third-order valence-corrected chi connectivity index (χ3v) is 4.98. The number of hydrogen-bond donors (Lipinski definition) is 3. The molecule has 7 heteroatoms. The second-order valence-corrected chi connectivity index (χ2v) is 6.93. The zero-order valence-corrected chi connectivity index (χ0v) is 16.4. The molecule has 0 amide bonds. The van der Waals surface area contributed by atoms with Gasteiger partial charge in [-0.15, -0.1) is 0 Å². The number of aliphatic hydroxyl groups is 1. The van der Waals surface area contributed by atoms with Gasteiger partial charge in [0.1, 0.15) is 23.8 Å². The van der Waals surface area contributed by atoms with Gasteiger partial charge in [0.25, 0.3) is 0 Å². The van der Waals surface area contributed by atoms with E-state index in [9.17, 15) is 9.90 Å². The van der Waals surface area contributed by atoms with Crippen LogP contribution in [0.15, 0.2) is 66.7 Å². The van der Waals surface area contributed by atoms with Gasteiger partial charge in [0.2, 0.25) is 5.95 Å². The molecule has 1 heterocycles. The largest absolute Gasteiger partial charge is 0.455 e. The van der Waals surface area contributed by atoms with Gasteiger partial charge in [-0.25, -0.2) is 4.98 Å². The summed E-state index contributed by atoms with van der Waals surface area (Å²) in [6.45, 7) is 0.294. The molecule has 4 N–H and O–H groups in total. The fourth-order valence-electron chi connectivity index (χ4n) is 3.29. The maximum absolute atomic E-state index is 11.5. The van der Waals surface area contributed by atoms with Gasteiger partial charge in [-0.1, -0.05) is 36.4 Å². The molecular weight excluding hydrogens is 380 g/mol. The quantitative estimate of drug-likeness (QED) is 0.323. The number of aldehydes is 1. The van der Waals surface area contributed by atoms with Crippen molar-refractivity contribution in [2.75, 3.05) is 5.73 Å². The second-order valence-electron chi connectivity index (χ2n) is 6.93. The molecule has 0 spiro atoms. The number of nitrogens with one attached hydrogen (secondary N) is 1. The second kappa shape index (κ2) is 8.36. The first-order valence-corrected chi connectivity index (χ1v) is 9.50. The number of aliphatic hydroxyl groups excluding tert-OH is 1. The molecular formula is C23H22N4O3. The first kappa shape index (κ1) is 19.6. The minimum atomic E-state index is -0.847. The van der Waals surface area contributed by atoms with Crippen LogP contribution in [0.3, 0.4) is 0 Å². The Morgan fingerprint density at radius 1 is 1.17 bits per heavy atom. The molecule has 0 aliphatic rings. The summed E-state index contributed by atoms with van der Waals surface area (Å²) in [5.74, 6) is 1.53. The van der Waals surface area contributed by atoms with Crippen LogP contribution >= 0.6 is 0 Å². The number of carbonyl (C=O) groups is 1. The van der Waals surface area contributed by atoms with Crippen LogP contribution in [-0.2, 0) is 13.6 Å². The molecule has 4 aromatic rings. The zero-order chi connectivity index (χ0) is 21.1. The SMILES string of the molecule is Cn1c(N)nc2c(Oc3ccc(C=O)c(CN[C@@H](O)c4ccccc4)c3)cccc21. The average Bonchev–Trinajstić information content (AvgIpc) is 3.07. The van der Waals surface area contributed by atoms with Crippen molar-refractivity contribution >= 4 is 23.3 Å². The van der Waals surface area contributed by atoms with Crippen LogP contribution in [0.2, 0.25) is 0 Å². The summed E-state index contributed by atoms with van der Waals surface area (Å²) in [7, 11) is 1.84. The number of benzene rings is 3. The molecule has 4 rings (SSSR count). The number of nitrogens with two attached hydrogens (primary N) is 1. The Morgan fingerprint density at radius 3 is 2.73 bits per heavy atom.